The fourth-order valence-corrected chi connectivity index (χ4v) is 2.29. The number of amides is 1. The van der Waals surface area contributed by atoms with Crippen molar-refractivity contribution in [1.29, 1.82) is 0 Å². The second kappa shape index (κ2) is 8.64. The van der Waals surface area contributed by atoms with E-state index in [9.17, 15) is 13.6 Å². The molecule has 2 N–H and O–H groups in total. The van der Waals surface area contributed by atoms with E-state index in [1.807, 2.05) is 0 Å². The van der Waals surface area contributed by atoms with Crippen LogP contribution in [0.2, 0.25) is 0 Å². The van der Waals surface area contributed by atoms with E-state index >= 15 is 0 Å². The number of ether oxygens (including phenoxy) is 1. The van der Waals surface area contributed by atoms with E-state index in [-0.39, 0.29) is 17.4 Å². The molecule has 2 aromatic rings. The van der Waals surface area contributed by atoms with E-state index in [2.05, 4.69) is 31.3 Å². The largest absolute Gasteiger partial charge is 0.459 e. The number of nitrogens with one attached hydrogen (secondary N) is 2. The first kappa shape index (κ1) is 17.4. The lowest BCUT2D eigenvalue weighted by atomic mass is 10.2. The number of carbonyl (C=O) groups excluding carboxylic acids is 1. The first-order valence-electron chi connectivity index (χ1n) is 6.82. The quantitative estimate of drug-likeness (QED) is 0.681. The lowest BCUT2D eigenvalue weighted by Gasteiger charge is -2.12. The first-order chi connectivity index (χ1) is 11.1. The highest BCUT2D eigenvalue weighted by Gasteiger charge is 2.10. The van der Waals surface area contributed by atoms with Crippen LogP contribution < -0.4 is 15.4 Å². The normalized spacial score (nSPS) is 10.8. The number of alkyl halides is 2. The zero-order valence-electron chi connectivity index (χ0n) is 12.0. The Morgan fingerprint density at radius 3 is 2.83 bits per heavy atom. The van der Waals surface area contributed by atoms with E-state index < -0.39 is 6.61 Å². The zero-order valence-corrected chi connectivity index (χ0v) is 13.6. The summed E-state index contributed by atoms with van der Waals surface area (Å²) in [5.74, 6) is 0.0564. The molecule has 0 fully saturated rings. The second-order valence-electron chi connectivity index (χ2n) is 4.54. The van der Waals surface area contributed by atoms with Gasteiger partial charge in [0.2, 0.25) is 0 Å². The smallest absolute Gasteiger partial charge is 0.387 e. The van der Waals surface area contributed by atoms with Crippen molar-refractivity contribution in [1.82, 2.24) is 10.6 Å². The van der Waals surface area contributed by atoms with Gasteiger partial charge in [-0.1, -0.05) is 15.9 Å². The third kappa shape index (κ3) is 5.65. The van der Waals surface area contributed by atoms with Gasteiger partial charge in [0.1, 0.15) is 5.75 Å². The van der Waals surface area contributed by atoms with Crippen LogP contribution in [-0.2, 0) is 6.54 Å². The van der Waals surface area contributed by atoms with Crippen LogP contribution in [0.1, 0.15) is 16.1 Å². The molecule has 0 aliphatic heterocycles. The number of hydrogen-bond donors (Lipinski definition) is 2. The predicted octanol–water partition coefficient (Wildman–Crippen LogP) is 3.16. The standard InChI is InChI=1S/C15H15BrF2N2O3/c16-11-3-4-12(23-15(17)18)10(8-11)9-19-5-6-20-14(21)13-2-1-7-22-13/h1-4,7-8,15,19H,5-6,9H2,(H,20,21). The first-order valence-corrected chi connectivity index (χ1v) is 7.61. The number of halogens is 3. The monoisotopic (exact) mass is 388 g/mol. The van der Waals surface area contributed by atoms with Gasteiger partial charge in [-0.05, 0) is 30.3 Å². The number of hydrogen-bond acceptors (Lipinski definition) is 4. The number of benzene rings is 1. The van der Waals surface area contributed by atoms with Crippen molar-refractivity contribution < 1.29 is 22.7 Å². The van der Waals surface area contributed by atoms with Crippen molar-refractivity contribution >= 4 is 21.8 Å². The molecule has 0 aliphatic rings. The minimum Gasteiger partial charge on any atom is -0.459 e. The third-order valence-corrected chi connectivity index (χ3v) is 3.38. The van der Waals surface area contributed by atoms with Crippen LogP contribution >= 0.6 is 15.9 Å². The molecule has 1 aromatic carbocycles. The molecule has 1 heterocycles. The van der Waals surface area contributed by atoms with Crippen molar-refractivity contribution in [2.24, 2.45) is 0 Å². The van der Waals surface area contributed by atoms with Gasteiger partial charge in [-0.25, -0.2) is 0 Å². The molecule has 0 aliphatic carbocycles. The predicted molar refractivity (Wildman–Crippen MR) is 83.5 cm³/mol. The molecule has 124 valence electrons. The van der Waals surface area contributed by atoms with E-state index in [1.165, 1.54) is 12.3 Å². The van der Waals surface area contributed by atoms with E-state index in [4.69, 9.17) is 4.42 Å². The summed E-state index contributed by atoms with van der Waals surface area (Å²) in [7, 11) is 0. The molecule has 0 atom stereocenters. The fraction of sp³-hybridized carbons (Fsp3) is 0.267. The van der Waals surface area contributed by atoms with Crippen molar-refractivity contribution in [3.63, 3.8) is 0 Å². The summed E-state index contributed by atoms with van der Waals surface area (Å²) in [4.78, 5) is 11.6. The number of carbonyl (C=O) groups is 1. The Morgan fingerprint density at radius 1 is 1.30 bits per heavy atom. The molecule has 2 rings (SSSR count). The fourth-order valence-electron chi connectivity index (χ4n) is 1.88. The molecular weight excluding hydrogens is 374 g/mol. The highest BCUT2D eigenvalue weighted by atomic mass is 79.9. The van der Waals surface area contributed by atoms with Crippen molar-refractivity contribution in [2.75, 3.05) is 13.1 Å². The second-order valence-corrected chi connectivity index (χ2v) is 5.46. The molecular formula is C15H15BrF2N2O3. The Morgan fingerprint density at radius 2 is 2.13 bits per heavy atom. The van der Waals surface area contributed by atoms with Gasteiger partial charge in [0, 0.05) is 29.7 Å². The third-order valence-electron chi connectivity index (χ3n) is 2.89. The van der Waals surface area contributed by atoms with Crippen LogP contribution in [0.3, 0.4) is 0 Å². The summed E-state index contributed by atoms with van der Waals surface area (Å²) in [6.07, 6.45) is 1.42. The summed E-state index contributed by atoms with van der Waals surface area (Å²) in [6.45, 7) is -1.70. The van der Waals surface area contributed by atoms with Gasteiger partial charge in [-0.15, -0.1) is 0 Å². The highest BCUT2D eigenvalue weighted by Crippen LogP contribution is 2.24. The average Bonchev–Trinajstić information content (AvgIpc) is 3.03. The van der Waals surface area contributed by atoms with Crippen LogP contribution in [0.4, 0.5) is 8.78 Å². The molecule has 0 bridgehead atoms. The maximum atomic E-state index is 12.4. The average molecular weight is 389 g/mol. The Balaban J connectivity index is 1.77. The molecule has 1 aromatic heterocycles. The molecule has 0 saturated heterocycles. The molecule has 0 spiro atoms. The summed E-state index contributed by atoms with van der Waals surface area (Å²) in [5, 5.41) is 5.73. The van der Waals surface area contributed by atoms with Crippen molar-refractivity contribution in [2.45, 2.75) is 13.2 Å². The van der Waals surface area contributed by atoms with Crippen LogP contribution in [0.15, 0.2) is 45.5 Å². The Bertz CT molecular complexity index is 636. The highest BCUT2D eigenvalue weighted by molar-refractivity contribution is 9.10. The van der Waals surface area contributed by atoms with Gasteiger partial charge >= 0.3 is 6.61 Å². The SMILES string of the molecule is O=C(NCCNCc1cc(Br)ccc1OC(F)F)c1ccco1. The van der Waals surface area contributed by atoms with Gasteiger partial charge in [0.15, 0.2) is 5.76 Å². The van der Waals surface area contributed by atoms with Gasteiger partial charge in [-0.2, -0.15) is 8.78 Å². The summed E-state index contributed by atoms with van der Waals surface area (Å²) >= 11 is 3.29. The minimum absolute atomic E-state index is 0.121. The number of furan rings is 1. The van der Waals surface area contributed by atoms with Crippen LogP contribution in [0.25, 0.3) is 0 Å². The Kier molecular flexibility index (Phi) is 6.54. The molecule has 23 heavy (non-hydrogen) atoms. The lowest BCUT2D eigenvalue weighted by molar-refractivity contribution is -0.0505. The summed E-state index contributed by atoms with van der Waals surface area (Å²) in [6, 6.07) is 8.01. The zero-order chi connectivity index (χ0) is 16.7. The molecule has 0 saturated carbocycles. The van der Waals surface area contributed by atoms with Crippen molar-refractivity contribution in [3.8, 4) is 5.75 Å². The maximum Gasteiger partial charge on any atom is 0.387 e. The Labute approximate surface area is 140 Å². The van der Waals surface area contributed by atoms with E-state index in [0.29, 0.717) is 25.2 Å². The van der Waals surface area contributed by atoms with Gasteiger partial charge in [0.25, 0.3) is 5.91 Å². The minimum atomic E-state index is -2.87. The van der Waals surface area contributed by atoms with Crippen LogP contribution in [-0.4, -0.2) is 25.6 Å². The Hall–Kier alpha value is -1.93. The lowest BCUT2D eigenvalue weighted by Crippen LogP contribution is -2.31. The molecule has 8 heteroatoms. The maximum absolute atomic E-state index is 12.4. The van der Waals surface area contributed by atoms with E-state index in [0.717, 1.165) is 4.47 Å². The topological polar surface area (TPSA) is 63.5 Å². The molecule has 1 amide bonds. The van der Waals surface area contributed by atoms with E-state index in [1.54, 1.807) is 24.3 Å². The molecule has 0 unspecified atom stereocenters. The molecule has 5 nitrogen and oxygen atoms in total. The van der Waals surface area contributed by atoms with Gasteiger partial charge < -0.3 is 19.8 Å². The van der Waals surface area contributed by atoms with Crippen LogP contribution in [0.5, 0.6) is 5.75 Å². The molecule has 0 radical (unpaired) electrons. The van der Waals surface area contributed by atoms with Crippen molar-refractivity contribution in [3.05, 3.63) is 52.4 Å². The number of rotatable bonds is 8. The summed E-state index contributed by atoms with van der Waals surface area (Å²) < 4.78 is 34.9. The summed E-state index contributed by atoms with van der Waals surface area (Å²) in [5.41, 5.74) is 0.594. The van der Waals surface area contributed by atoms with Gasteiger partial charge in [-0.3, -0.25) is 4.79 Å². The van der Waals surface area contributed by atoms with Crippen LogP contribution in [0, 0.1) is 0 Å². The van der Waals surface area contributed by atoms with Gasteiger partial charge in [0.05, 0.1) is 6.26 Å².